The van der Waals surface area contributed by atoms with Gasteiger partial charge in [-0.15, -0.1) is 0 Å². The van der Waals surface area contributed by atoms with Gasteiger partial charge in [-0.2, -0.15) is 4.31 Å². The van der Waals surface area contributed by atoms with Crippen molar-refractivity contribution < 1.29 is 26.0 Å². The van der Waals surface area contributed by atoms with Crippen molar-refractivity contribution in [3.63, 3.8) is 0 Å². The van der Waals surface area contributed by atoms with Gasteiger partial charge < -0.3 is 4.90 Å². The average Bonchev–Trinajstić information content (AvgIpc) is 2.85. The van der Waals surface area contributed by atoms with E-state index in [0.717, 1.165) is 5.56 Å². The minimum atomic E-state index is -3.60. The summed E-state index contributed by atoms with van der Waals surface area (Å²) in [6, 6.07) is 12.1. The molecule has 0 atom stereocenters. The molecule has 0 unspecified atom stereocenters. The van der Waals surface area contributed by atoms with Gasteiger partial charge in [-0.3, -0.25) is 4.79 Å². The number of carbonyl (C=O) groups excluding carboxylic acids is 1. The molecule has 0 aliphatic carbocycles. The van der Waals surface area contributed by atoms with Crippen LogP contribution in [-0.2, 0) is 30.6 Å². The molecule has 2 fully saturated rings. The lowest BCUT2D eigenvalue weighted by Gasteiger charge is -2.37. The summed E-state index contributed by atoms with van der Waals surface area (Å²) in [5, 5.41) is 0. The fourth-order valence-corrected chi connectivity index (χ4v) is 7.52. The summed E-state index contributed by atoms with van der Waals surface area (Å²) in [5.74, 6) is -0.955. The second-order valence-corrected chi connectivity index (χ2v) is 13.0. The largest absolute Gasteiger partial charge is 0.340 e. The Bertz CT molecular complexity index is 1250. The second-order valence-electron chi connectivity index (χ2n) is 9.10. The molecule has 1 amide bonds. The highest BCUT2D eigenvalue weighted by Gasteiger charge is 2.36. The molecule has 0 N–H and O–H groups in total. The first-order valence-electron chi connectivity index (χ1n) is 11.6. The van der Waals surface area contributed by atoms with Crippen LogP contribution >= 0.6 is 0 Å². The molecule has 2 aromatic rings. The molecule has 2 saturated heterocycles. The molecule has 0 saturated carbocycles. The number of halogens is 1. The van der Waals surface area contributed by atoms with Gasteiger partial charge in [-0.25, -0.2) is 25.5 Å². The monoisotopic (exact) mass is 523 g/mol. The predicted molar refractivity (Wildman–Crippen MR) is 130 cm³/mol. The van der Waals surface area contributed by atoms with E-state index in [4.69, 9.17) is 0 Å². The maximum absolute atomic E-state index is 13.1. The van der Waals surface area contributed by atoms with E-state index in [2.05, 4.69) is 0 Å². The van der Waals surface area contributed by atoms with Crippen molar-refractivity contribution in [3.05, 3.63) is 65.5 Å². The highest BCUT2D eigenvalue weighted by molar-refractivity contribution is 7.89. The maximum atomic E-state index is 13.1. The van der Waals surface area contributed by atoms with Crippen LogP contribution in [0.2, 0.25) is 0 Å². The third-order valence-corrected chi connectivity index (χ3v) is 10.4. The van der Waals surface area contributed by atoms with Gasteiger partial charge in [0.2, 0.25) is 26.0 Å². The number of aryl methyl sites for hydroxylation is 1. The zero-order valence-electron chi connectivity index (χ0n) is 19.6. The lowest BCUT2D eigenvalue weighted by atomic mass is 9.96. The molecule has 2 aliphatic rings. The number of hydrogen-bond acceptors (Lipinski definition) is 5. The van der Waals surface area contributed by atoms with E-state index in [1.54, 1.807) is 29.2 Å². The number of piperidine rings is 1. The number of hydrogen-bond donors (Lipinski definition) is 0. The molecule has 2 heterocycles. The van der Waals surface area contributed by atoms with Gasteiger partial charge in [-0.1, -0.05) is 29.8 Å². The van der Waals surface area contributed by atoms with Crippen LogP contribution in [0.4, 0.5) is 4.39 Å². The van der Waals surface area contributed by atoms with Crippen LogP contribution in [0.25, 0.3) is 0 Å². The third-order valence-electron chi connectivity index (χ3n) is 6.67. The molecule has 2 aromatic carbocycles. The molecule has 0 aromatic heterocycles. The smallest absolute Gasteiger partial charge is 0.243 e. The number of piperazine rings is 1. The van der Waals surface area contributed by atoms with E-state index in [1.165, 1.54) is 32.9 Å². The Labute approximate surface area is 206 Å². The molecular weight excluding hydrogens is 493 g/mol. The fraction of sp³-hybridized carbons (Fsp3) is 0.458. The van der Waals surface area contributed by atoms with E-state index >= 15 is 0 Å². The summed E-state index contributed by atoms with van der Waals surface area (Å²) in [5.41, 5.74) is 1.50. The highest BCUT2D eigenvalue weighted by Crippen LogP contribution is 2.25. The topological polar surface area (TPSA) is 95.1 Å². The number of amides is 1. The molecule has 4 rings (SSSR count). The standard InChI is InChI=1S/C24H30FN3O5S2/c1-19-2-8-23(9-3-19)35(32,33)28-16-14-26(15-17-28)24(29)21-10-12-27(13-11-21)34(30,31)18-20-4-6-22(25)7-5-20/h2-9,21H,10-18H2,1H3. The van der Waals surface area contributed by atoms with Gasteiger partial charge in [0.25, 0.3) is 0 Å². The quantitative estimate of drug-likeness (QED) is 0.579. The van der Waals surface area contributed by atoms with Gasteiger partial charge >= 0.3 is 0 Å². The van der Waals surface area contributed by atoms with Crippen LogP contribution < -0.4 is 0 Å². The summed E-state index contributed by atoms with van der Waals surface area (Å²) < 4.78 is 67.2. The summed E-state index contributed by atoms with van der Waals surface area (Å²) >= 11 is 0. The van der Waals surface area contributed by atoms with Gasteiger partial charge in [-0.05, 0) is 49.6 Å². The Morgan fingerprint density at radius 1 is 0.829 bits per heavy atom. The molecule has 0 bridgehead atoms. The Morgan fingerprint density at radius 3 is 1.97 bits per heavy atom. The SMILES string of the molecule is Cc1ccc(S(=O)(=O)N2CCN(C(=O)C3CCN(S(=O)(=O)Cc4ccc(F)cc4)CC3)CC2)cc1. The molecule has 0 radical (unpaired) electrons. The van der Waals surface area contributed by atoms with Crippen LogP contribution in [0, 0.1) is 18.7 Å². The second kappa shape index (κ2) is 10.3. The minimum absolute atomic E-state index is 0.0482. The van der Waals surface area contributed by atoms with Crippen molar-refractivity contribution in [1.82, 2.24) is 13.5 Å². The molecule has 190 valence electrons. The lowest BCUT2D eigenvalue weighted by molar-refractivity contribution is -0.137. The van der Waals surface area contributed by atoms with Crippen molar-refractivity contribution in [3.8, 4) is 0 Å². The molecule has 0 spiro atoms. The number of carbonyl (C=O) groups is 1. The van der Waals surface area contributed by atoms with Crippen molar-refractivity contribution in [2.45, 2.75) is 30.4 Å². The van der Waals surface area contributed by atoms with Crippen LogP contribution in [0.5, 0.6) is 0 Å². The summed E-state index contributed by atoms with van der Waals surface area (Å²) in [6.07, 6.45) is 0.840. The van der Waals surface area contributed by atoms with Gasteiger partial charge in [0.1, 0.15) is 5.82 Å². The van der Waals surface area contributed by atoms with Crippen LogP contribution in [0.3, 0.4) is 0 Å². The van der Waals surface area contributed by atoms with Gasteiger partial charge in [0.15, 0.2) is 0 Å². The fourth-order valence-electron chi connectivity index (χ4n) is 4.53. The Morgan fingerprint density at radius 2 is 1.40 bits per heavy atom. The number of sulfonamides is 2. The zero-order chi connectivity index (χ0) is 25.2. The number of nitrogens with zero attached hydrogens (tertiary/aromatic N) is 3. The molecule has 35 heavy (non-hydrogen) atoms. The van der Waals surface area contributed by atoms with Crippen LogP contribution in [-0.4, -0.2) is 75.5 Å². The number of benzene rings is 2. The summed E-state index contributed by atoms with van der Waals surface area (Å²) in [4.78, 5) is 15.0. The number of rotatable bonds is 6. The van der Waals surface area contributed by atoms with Crippen molar-refractivity contribution in [2.24, 2.45) is 5.92 Å². The van der Waals surface area contributed by atoms with Crippen LogP contribution in [0.15, 0.2) is 53.4 Å². The first-order chi connectivity index (χ1) is 16.6. The normalized spacial score (nSPS) is 19.1. The molecular formula is C24H30FN3O5S2. The van der Waals surface area contributed by atoms with Gasteiger partial charge in [0, 0.05) is 45.2 Å². The van der Waals surface area contributed by atoms with E-state index in [1.807, 2.05) is 6.92 Å². The lowest BCUT2D eigenvalue weighted by Crippen LogP contribution is -2.53. The van der Waals surface area contributed by atoms with E-state index < -0.39 is 25.9 Å². The van der Waals surface area contributed by atoms with E-state index in [0.29, 0.717) is 31.5 Å². The predicted octanol–water partition coefficient (Wildman–Crippen LogP) is 2.21. The Hall–Kier alpha value is -2.34. The van der Waals surface area contributed by atoms with E-state index in [9.17, 15) is 26.0 Å². The summed E-state index contributed by atoms with van der Waals surface area (Å²) in [6.45, 7) is 3.48. The van der Waals surface area contributed by atoms with Crippen molar-refractivity contribution in [2.75, 3.05) is 39.3 Å². The molecule has 11 heteroatoms. The average molecular weight is 524 g/mol. The van der Waals surface area contributed by atoms with Gasteiger partial charge in [0.05, 0.1) is 10.6 Å². The van der Waals surface area contributed by atoms with Crippen molar-refractivity contribution >= 4 is 26.0 Å². The Kier molecular flexibility index (Phi) is 7.60. The van der Waals surface area contributed by atoms with Crippen LogP contribution in [0.1, 0.15) is 24.0 Å². The first kappa shape index (κ1) is 25.7. The maximum Gasteiger partial charge on any atom is 0.243 e. The molecule has 8 nitrogen and oxygen atoms in total. The zero-order valence-corrected chi connectivity index (χ0v) is 21.3. The highest BCUT2D eigenvalue weighted by atomic mass is 32.2. The third kappa shape index (κ3) is 5.91. The first-order valence-corrected chi connectivity index (χ1v) is 14.7. The van der Waals surface area contributed by atoms with Crippen molar-refractivity contribution in [1.29, 1.82) is 0 Å². The van der Waals surface area contributed by atoms with E-state index in [-0.39, 0.29) is 48.7 Å². The minimum Gasteiger partial charge on any atom is -0.340 e. The molecule has 2 aliphatic heterocycles. The Balaban J connectivity index is 1.29. The summed E-state index contributed by atoms with van der Waals surface area (Å²) in [7, 11) is -7.17.